The van der Waals surface area contributed by atoms with Crippen LogP contribution >= 0.6 is 0 Å². The van der Waals surface area contributed by atoms with Gasteiger partial charge in [0.25, 0.3) is 0 Å². The summed E-state index contributed by atoms with van der Waals surface area (Å²) in [5, 5.41) is 15.4. The van der Waals surface area contributed by atoms with Gasteiger partial charge in [0.05, 0.1) is 0 Å². The summed E-state index contributed by atoms with van der Waals surface area (Å²) in [4.78, 5) is 14.3. The molecule has 1 aromatic heterocycles. The number of aliphatic carboxylic acids is 1. The average molecular weight is 213 g/mol. The molecule has 0 aromatic carbocycles. The van der Waals surface area contributed by atoms with Gasteiger partial charge < -0.3 is 16.2 Å². The van der Waals surface area contributed by atoms with Gasteiger partial charge in [-0.05, 0) is 5.92 Å². The second-order valence-electron chi connectivity index (χ2n) is 3.62. The lowest BCUT2D eigenvalue weighted by Gasteiger charge is -2.03. The SMILES string of the molecule is CC(C)CNc1nc(N)n(CC(=O)O)n1. The number of carboxylic acid groups (broad SMARTS) is 1. The van der Waals surface area contributed by atoms with E-state index in [1.807, 2.05) is 13.8 Å². The second kappa shape index (κ2) is 4.63. The van der Waals surface area contributed by atoms with E-state index in [2.05, 4.69) is 15.4 Å². The topological polar surface area (TPSA) is 106 Å². The highest BCUT2D eigenvalue weighted by Crippen LogP contribution is 2.05. The maximum absolute atomic E-state index is 10.4. The van der Waals surface area contributed by atoms with Crippen LogP contribution in [0.4, 0.5) is 11.9 Å². The van der Waals surface area contributed by atoms with Gasteiger partial charge in [0.1, 0.15) is 6.54 Å². The molecule has 0 aliphatic heterocycles. The van der Waals surface area contributed by atoms with E-state index in [-0.39, 0.29) is 12.5 Å². The Kier molecular flexibility index (Phi) is 3.48. The molecular weight excluding hydrogens is 198 g/mol. The highest BCUT2D eigenvalue weighted by atomic mass is 16.4. The van der Waals surface area contributed by atoms with Gasteiger partial charge in [-0.25, -0.2) is 4.68 Å². The Labute approximate surface area is 87.3 Å². The normalized spacial score (nSPS) is 10.6. The number of nitrogen functional groups attached to an aromatic ring is 1. The van der Waals surface area contributed by atoms with Gasteiger partial charge in [-0.2, -0.15) is 4.98 Å². The molecule has 1 rings (SSSR count). The molecule has 1 aromatic rings. The van der Waals surface area contributed by atoms with E-state index in [0.29, 0.717) is 11.9 Å². The van der Waals surface area contributed by atoms with Gasteiger partial charge >= 0.3 is 5.97 Å². The molecule has 0 saturated carbocycles. The van der Waals surface area contributed by atoms with Crippen LogP contribution in [0.15, 0.2) is 0 Å². The molecule has 7 heteroatoms. The molecule has 0 aliphatic carbocycles. The first-order valence-corrected chi connectivity index (χ1v) is 4.65. The summed E-state index contributed by atoms with van der Waals surface area (Å²) < 4.78 is 1.14. The largest absolute Gasteiger partial charge is 0.480 e. The van der Waals surface area contributed by atoms with Crippen molar-refractivity contribution in [3.05, 3.63) is 0 Å². The summed E-state index contributed by atoms with van der Waals surface area (Å²) >= 11 is 0. The molecule has 0 atom stereocenters. The summed E-state index contributed by atoms with van der Waals surface area (Å²) in [6.07, 6.45) is 0. The number of aromatic nitrogens is 3. The van der Waals surface area contributed by atoms with Crippen molar-refractivity contribution in [3.63, 3.8) is 0 Å². The van der Waals surface area contributed by atoms with Crippen molar-refractivity contribution >= 4 is 17.9 Å². The van der Waals surface area contributed by atoms with Crippen LogP contribution in [0.5, 0.6) is 0 Å². The predicted molar refractivity (Wildman–Crippen MR) is 55.4 cm³/mol. The van der Waals surface area contributed by atoms with Crippen molar-refractivity contribution in [2.75, 3.05) is 17.6 Å². The summed E-state index contributed by atoms with van der Waals surface area (Å²) in [5.74, 6) is -0.0780. The minimum atomic E-state index is -0.998. The lowest BCUT2D eigenvalue weighted by Crippen LogP contribution is -2.13. The van der Waals surface area contributed by atoms with Crippen LogP contribution < -0.4 is 11.1 Å². The lowest BCUT2D eigenvalue weighted by atomic mass is 10.2. The molecule has 0 fully saturated rings. The van der Waals surface area contributed by atoms with E-state index in [4.69, 9.17) is 10.8 Å². The number of nitrogens with one attached hydrogen (secondary N) is 1. The van der Waals surface area contributed by atoms with Gasteiger partial charge in [0.15, 0.2) is 0 Å². The molecule has 7 nitrogen and oxygen atoms in total. The maximum Gasteiger partial charge on any atom is 0.325 e. The van der Waals surface area contributed by atoms with Crippen LogP contribution in [-0.2, 0) is 11.3 Å². The Balaban J connectivity index is 2.64. The molecule has 0 saturated heterocycles. The minimum Gasteiger partial charge on any atom is -0.480 e. The quantitative estimate of drug-likeness (QED) is 0.636. The molecule has 4 N–H and O–H groups in total. The number of nitrogens with two attached hydrogens (primary N) is 1. The standard InChI is InChI=1S/C8H15N5O2/c1-5(2)3-10-8-11-7(9)13(12-8)4-6(14)15/h5H,3-4H2,1-2H3,(H,14,15)(H3,9,10,11,12). The first-order chi connectivity index (χ1) is 6.99. The van der Waals surface area contributed by atoms with Crippen molar-refractivity contribution < 1.29 is 9.90 Å². The van der Waals surface area contributed by atoms with Crippen molar-refractivity contribution in [1.29, 1.82) is 0 Å². The van der Waals surface area contributed by atoms with E-state index < -0.39 is 5.97 Å². The van der Waals surface area contributed by atoms with Crippen molar-refractivity contribution in [1.82, 2.24) is 14.8 Å². The van der Waals surface area contributed by atoms with Crippen LogP contribution in [0.1, 0.15) is 13.8 Å². The van der Waals surface area contributed by atoms with Gasteiger partial charge in [0.2, 0.25) is 11.9 Å². The number of hydrogen-bond donors (Lipinski definition) is 3. The molecule has 1 heterocycles. The molecule has 0 bridgehead atoms. The molecule has 0 radical (unpaired) electrons. The summed E-state index contributed by atoms with van der Waals surface area (Å²) in [7, 11) is 0. The Morgan fingerprint density at radius 2 is 2.33 bits per heavy atom. The molecule has 15 heavy (non-hydrogen) atoms. The fourth-order valence-electron chi connectivity index (χ4n) is 0.969. The molecule has 0 unspecified atom stereocenters. The van der Waals surface area contributed by atoms with E-state index in [0.717, 1.165) is 11.2 Å². The van der Waals surface area contributed by atoms with Gasteiger partial charge in [-0.1, -0.05) is 13.8 Å². The third kappa shape index (κ3) is 3.45. The van der Waals surface area contributed by atoms with Gasteiger partial charge in [-0.15, -0.1) is 5.10 Å². The van der Waals surface area contributed by atoms with Crippen LogP contribution in [0, 0.1) is 5.92 Å². The van der Waals surface area contributed by atoms with E-state index in [1.165, 1.54) is 0 Å². The maximum atomic E-state index is 10.4. The smallest absolute Gasteiger partial charge is 0.325 e. The fourth-order valence-corrected chi connectivity index (χ4v) is 0.969. The summed E-state index contributed by atoms with van der Waals surface area (Å²) in [6, 6.07) is 0. The first-order valence-electron chi connectivity index (χ1n) is 4.65. The van der Waals surface area contributed by atoms with Crippen molar-refractivity contribution in [2.45, 2.75) is 20.4 Å². The third-order valence-electron chi connectivity index (χ3n) is 1.65. The summed E-state index contributed by atoms with van der Waals surface area (Å²) in [5.41, 5.74) is 5.48. The van der Waals surface area contributed by atoms with Crippen molar-refractivity contribution in [3.8, 4) is 0 Å². The Morgan fingerprint density at radius 3 is 2.87 bits per heavy atom. The zero-order chi connectivity index (χ0) is 11.4. The lowest BCUT2D eigenvalue weighted by molar-refractivity contribution is -0.137. The molecule has 84 valence electrons. The van der Waals surface area contributed by atoms with Gasteiger partial charge in [-0.3, -0.25) is 4.79 Å². The monoisotopic (exact) mass is 213 g/mol. The fraction of sp³-hybridized carbons (Fsp3) is 0.625. The van der Waals surface area contributed by atoms with E-state index >= 15 is 0 Å². The average Bonchev–Trinajstić information content (AvgIpc) is 2.43. The zero-order valence-corrected chi connectivity index (χ0v) is 8.77. The molecule has 0 aliphatic rings. The van der Waals surface area contributed by atoms with E-state index in [9.17, 15) is 4.79 Å². The number of hydrogen-bond acceptors (Lipinski definition) is 5. The number of carbonyl (C=O) groups is 1. The van der Waals surface area contributed by atoms with Crippen LogP contribution in [-0.4, -0.2) is 32.4 Å². The Hall–Kier alpha value is -1.79. The van der Waals surface area contributed by atoms with Crippen molar-refractivity contribution in [2.24, 2.45) is 5.92 Å². The zero-order valence-electron chi connectivity index (χ0n) is 8.77. The van der Waals surface area contributed by atoms with E-state index in [1.54, 1.807) is 0 Å². The van der Waals surface area contributed by atoms with Crippen LogP contribution in [0.3, 0.4) is 0 Å². The number of nitrogens with zero attached hydrogens (tertiary/aromatic N) is 3. The number of anilines is 2. The highest BCUT2D eigenvalue weighted by Gasteiger charge is 2.09. The van der Waals surface area contributed by atoms with Crippen LogP contribution in [0.25, 0.3) is 0 Å². The van der Waals surface area contributed by atoms with Crippen LogP contribution in [0.2, 0.25) is 0 Å². The third-order valence-corrected chi connectivity index (χ3v) is 1.65. The first kappa shape index (κ1) is 11.3. The number of carboxylic acids is 1. The Morgan fingerprint density at radius 1 is 1.67 bits per heavy atom. The summed E-state index contributed by atoms with van der Waals surface area (Å²) in [6.45, 7) is 4.54. The van der Waals surface area contributed by atoms with Gasteiger partial charge in [0, 0.05) is 6.54 Å². The highest BCUT2D eigenvalue weighted by molar-refractivity contribution is 5.66. The predicted octanol–water partition coefficient (Wildman–Crippen LogP) is 0.0128. The minimum absolute atomic E-state index is 0.101. The second-order valence-corrected chi connectivity index (χ2v) is 3.62. The molecular formula is C8H15N5O2. The molecule has 0 amide bonds. The molecule has 0 spiro atoms. The number of rotatable bonds is 5. The Bertz CT molecular complexity index is 347.